The van der Waals surface area contributed by atoms with E-state index in [9.17, 15) is 4.79 Å². The molecular formula is C18H24N2O. The minimum Gasteiger partial charge on any atom is -0.352 e. The van der Waals surface area contributed by atoms with Crippen LogP contribution in [0, 0.1) is 12.8 Å². The van der Waals surface area contributed by atoms with Gasteiger partial charge >= 0.3 is 0 Å². The summed E-state index contributed by atoms with van der Waals surface area (Å²) >= 11 is 0. The van der Waals surface area contributed by atoms with Gasteiger partial charge in [-0.2, -0.15) is 0 Å². The van der Waals surface area contributed by atoms with E-state index in [1.165, 1.54) is 24.6 Å². The van der Waals surface area contributed by atoms with Crippen LogP contribution in [0.25, 0.3) is 10.9 Å². The number of nitrogens with one attached hydrogen (secondary N) is 1. The van der Waals surface area contributed by atoms with Gasteiger partial charge in [0, 0.05) is 17.3 Å². The van der Waals surface area contributed by atoms with Gasteiger partial charge in [-0.05, 0) is 43.2 Å². The molecule has 2 aromatic rings. The number of rotatable bonds is 3. The number of carbonyl (C=O) groups excluding carboxylic acids is 1. The van der Waals surface area contributed by atoms with Crippen molar-refractivity contribution in [3.8, 4) is 0 Å². The van der Waals surface area contributed by atoms with Gasteiger partial charge in [0.25, 0.3) is 0 Å². The molecule has 112 valence electrons. The second kappa shape index (κ2) is 5.92. The highest BCUT2D eigenvalue weighted by atomic mass is 16.2. The molecule has 0 aliphatic heterocycles. The van der Waals surface area contributed by atoms with Crippen LogP contribution >= 0.6 is 0 Å². The van der Waals surface area contributed by atoms with Crippen molar-refractivity contribution in [3.05, 3.63) is 36.0 Å². The average Bonchev–Trinajstić information content (AvgIpc) is 2.78. The first-order chi connectivity index (χ1) is 10.1. The summed E-state index contributed by atoms with van der Waals surface area (Å²) in [4.78, 5) is 12.4. The van der Waals surface area contributed by atoms with E-state index in [2.05, 4.69) is 41.9 Å². The van der Waals surface area contributed by atoms with Gasteiger partial charge in [0.2, 0.25) is 5.91 Å². The molecule has 3 heteroatoms. The molecular weight excluding hydrogens is 260 g/mol. The third-order valence-electron chi connectivity index (χ3n) is 4.78. The molecule has 0 spiro atoms. The molecule has 1 aliphatic carbocycles. The van der Waals surface area contributed by atoms with E-state index in [4.69, 9.17) is 0 Å². The summed E-state index contributed by atoms with van der Waals surface area (Å²) < 4.78 is 2.11. The third-order valence-corrected chi connectivity index (χ3v) is 4.78. The normalized spacial score (nSPS) is 22.4. The minimum atomic E-state index is 0.137. The van der Waals surface area contributed by atoms with Gasteiger partial charge < -0.3 is 9.88 Å². The van der Waals surface area contributed by atoms with Crippen LogP contribution in [0.4, 0.5) is 0 Å². The number of para-hydroxylation sites is 1. The summed E-state index contributed by atoms with van der Waals surface area (Å²) in [6, 6.07) is 10.7. The van der Waals surface area contributed by atoms with Crippen molar-refractivity contribution in [1.82, 2.24) is 9.88 Å². The Morgan fingerprint density at radius 2 is 2.05 bits per heavy atom. The molecule has 1 saturated carbocycles. The first-order valence-electron chi connectivity index (χ1n) is 7.99. The van der Waals surface area contributed by atoms with Crippen molar-refractivity contribution >= 4 is 16.8 Å². The molecule has 1 aliphatic rings. The summed E-state index contributed by atoms with van der Waals surface area (Å²) in [5.41, 5.74) is 2.28. The molecule has 1 aromatic carbocycles. The molecule has 1 N–H and O–H groups in total. The number of amides is 1. The first kappa shape index (κ1) is 14.2. The summed E-state index contributed by atoms with van der Waals surface area (Å²) in [5, 5.41) is 4.44. The van der Waals surface area contributed by atoms with Gasteiger partial charge in [0.05, 0.1) is 0 Å². The molecule has 21 heavy (non-hydrogen) atoms. The van der Waals surface area contributed by atoms with Crippen LogP contribution in [0.3, 0.4) is 0 Å². The predicted molar refractivity (Wildman–Crippen MR) is 86.2 cm³/mol. The van der Waals surface area contributed by atoms with E-state index < -0.39 is 0 Å². The van der Waals surface area contributed by atoms with Crippen molar-refractivity contribution in [2.75, 3.05) is 0 Å². The lowest BCUT2D eigenvalue weighted by atomic mass is 9.86. The molecule has 3 rings (SSSR count). The van der Waals surface area contributed by atoms with Gasteiger partial charge in [-0.1, -0.05) is 38.0 Å². The molecule has 1 amide bonds. The van der Waals surface area contributed by atoms with Crippen LogP contribution in [-0.4, -0.2) is 16.5 Å². The zero-order valence-corrected chi connectivity index (χ0v) is 12.9. The quantitative estimate of drug-likeness (QED) is 0.917. The summed E-state index contributed by atoms with van der Waals surface area (Å²) in [7, 11) is 0. The Kier molecular flexibility index (Phi) is 4.00. The zero-order valence-electron chi connectivity index (χ0n) is 12.9. The van der Waals surface area contributed by atoms with E-state index in [1.54, 1.807) is 0 Å². The van der Waals surface area contributed by atoms with E-state index in [-0.39, 0.29) is 5.91 Å². The fourth-order valence-electron chi connectivity index (χ4n) is 3.48. The van der Waals surface area contributed by atoms with Crippen LogP contribution in [0.1, 0.15) is 38.3 Å². The highest BCUT2D eigenvalue weighted by Gasteiger charge is 2.23. The van der Waals surface area contributed by atoms with Gasteiger partial charge in [-0.15, -0.1) is 0 Å². The van der Waals surface area contributed by atoms with E-state index in [1.807, 2.05) is 12.1 Å². The van der Waals surface area contributed by atoms with Crippen LogP contribution in [0.5, 0.6) is 0 Å². The second-order valence-electron chi connectivity index (χ2n) is 6.37. The summed E-state index contributed by atoms with van der Waals surface area (Å²) in [5.74, 6) is 0.739. The number of fused-ring (bicyclic) bond motifs is 1. The highest BCUT2D eigenvalue weighted by molar-refractivity contribution is 5.84. The minimum absolute atomic E-state index is 0.137. The summed E-state index contributed by atoms with van der Waals surface area (Å²) in [6.45, 7) is 4.74. The lowest BCUT2D eigenvalue weighted by Gasteiger charge is -2.29. The Morgan fingerprint density at radius 1 is 1.29 bits per heavy atom. The van der Waals surface area contributed by atoms with Crippen molar-refractivity contribution < 1.29 is 4.79 Å². The van der Waals surface area contributed by atoms with Crippen LogP contribution in [-0.2, 0) is 11.3 Å². The molecule has 0 saturated heterocycles. The lowest BCUT2D eigenvalue weighted by molar-refractivity contribution is -0.122. The zero-order chi connectivity index (χ0) is 14.8. The number of hydrogen-bond acceptors (Lipinski definition) is 1. The molecule has 3 nitrogen and oxygen atoms in total. The third kappa shape index (κ3) is 2.97. The number of aryl methyl sites for hydroxylation is 1. The molecule has 0 bridgehead atoms. The molecule has 0 radical (unpaired) electrons. The first-order valence-corrected chi connectivity index (χ1v) is 7.99. The molecule has 1 fully saturated rings. The number of aromatic nitrogens is 1. The second-order valence-corrected chi connectivity index (χ2v) is 6.37. The fourth-order valence-corrected chi connectivity index (χ4v) is 3.48. The van der Waals surface area contributed by atoms with Crippen LogP contribution in [0.15, 0.2) is 30.3 Å². The maximum absolute atomic E-state index is 12.4. The number of nitrogens with zero attached hydrogens (tertiary/aromatic N) is 1. The Balaban J connectivity index is 1.73. The van der Waals surface area contributed by atoms with Crippen LogP contribution < -0.4 is 5.32 Å². The topological polar surface area (TPSA) is 34.0 Å². The lowest BCUT2D eigenvalue weighted by Crippen LogP contribution is -2.42. The average molecular weight is 284 g/mol. The Morgan fingerprint density at radius 3 is 2.86 bits per heavy atom. The molecule has 0 unspecified atom stereocenters. The van der Waals surface area contributed by atoms with Gasteiger partial charge in [-0.25, -0.2) is 0 Å². The molecule has 1 aromatic heterocycles. The smallest absolute Gasteiger partial charge is 0.240 e. The van der Waals surface area contributed by atoms with Crippen molar-refractivity contribution in [3.63, 3.8) is 0 Å². The fraction of sp³-hybridized carbons (Fsp3) is 0.500. The van der Waals surface area contributed by atoms with E-state index in [0.717, 1.165) is 17.6 Å². The van der Waals surface area contributed by atoms with Gasteiger partial charge in [0.15, 0.2) is 0 Å². The number of benzene rings is 1. The molecule has 1 heterocycles. The maximum atomic E-state index is 12.4. The number of carbonyl (C=O) groups is 1. The van der Waals surface area contributed by atoms with E-state index in [0.29, 0.717) is 18.5 Å². The Labute approximate surface area is 126 Å². The Bertz CT molecular complexity index is 644. The van der Waals surface area contributed by atoms with Crippen molar-refractivity contribution in [1.29, 1.82) is 0 Å². The highest BCUT2D eigenvalue weighted by Crippen LogP contribution is 2.24. The largest absolute Gasteiger partial charge is 0.352 e. The maximum Gasteiger partial charge on any atom is 0.240 e. The standard InChI is InChI=1S/C18H24N2O/c1-13-7-3-5-9-16(13)19-18(21)12-20-14(2)11-15-8-4-6-10-17(15)20/h4,6,8,10-11,13,16H,3,5,7,9,12H2,1-2H3,(H,19,21)/t13-,16-/m1/s1. The van der Waals surface area contributed by atoms with E-state index >= 15 is 0 Å². The SMILES string of the molecule is Cc1cc2ccccc2n1CC(=O)N[C@@H]1CCCC[C@H]1C. The predicted octanol–water partition coefficient (Wildman–Crippen LogP) is 3.64. The van der Waals surface area contributed by atoms with Crippen molar-refractivity contribution in [2.45, 2.75) is 52.1 Å². The summed E-state index contributed by atoms with van der Waals surface area (Å²) in [6.07, 6.45) is 4.89. The van der Waals surface area contributed by atoms with Crippen LogP contribution in [0.2, 0.25) is 0 Å². The Hall–Kier alpha value is -1.77. The number of hydrogen-bond donors (Lipinski definition) is 1. The van der Waals surface area contributed by atoms with Crippen molar-refractivity contribution in [2.24, 2.45) is 5.92 Å². The monoisotopic (exact) mass is 284 g/mol. The molecule has 2 atom stereocenters. The van der Waals surface area contributed by atoms with Gasteiger partial charge in [-0.3, -0.25) is 4.79 Å². The van der Waals surface area contributed by atoms with Gasteiger partial charge in [0.1, 0.15) is 6.54 Å².